The van der Waals surface area contributed by atoms with Gasteiger partial charge in [0.05, 0.1) is 0 Å². The Labute approximate surface area is 247 Å². The SMILES string of the molecule is CCCCCCCCCCCCc1ccc(P(O)(O)(O)c2ccc(CCCCCCCCCCCC)cc2)cc1. The van der Waals surface area contributed by atoms with Crippen molar-refractivity contribution in [1.82, 2.24) is 0 Å². The van der Waals surface area contributed by atoms with Crippen molar-refractivity contribution in [2.24, 2.45) is 0 Å². The van der Waals surface area contributed by atoms with Crippen LogP contribution in [0.1, 0.15) is 153 Å². The monoisotopic (exact) mass is 572 g/mol. The summed E-state index contributed by atoms with van der Waals surface area (Å²) in [6, 6.07) is 14.5. The summed E-state index contributed by atoms with van der Waals surface area (Å²) in [6.07, 6.45) is 28.4. The third-order valence-corrected chi connectivity index (χ3v) is 11.0. The number of hydrogen-bond donors (Lipinski definition) is 3. The van der Waals surface area contributed by atoms with Gasteiger partial charge < -0.3 is 0 Å². The molecule has 4 heteroatoms. The van der Waals surface area contributed by atoms with Crippen molar-refractivity contribution in [2.45, 2.75) is 155 Å². The van der Waals surface area contributed by atoms with Crippen molar-refractivity contribution in [3.05, 3.63) is 59.7 Å². The molecule has 0 aliphatic heterocycles. The summed E-state index contributed by atoms with van der Waals surface area (Å²) in [5.74, 6) is 0. The van der Waals surface area contributed by atoms with Gasteiger partial charge in [-0.3, -0.25) is 0 Å². The normalized spacial score (nSPS) is 12.9. The molecule has 0 atom stereocenters. The standard InChI is InChI=1S/C36H61O3P/c1-3-5-7-9-11-13-15-17-19-21-23-33-25-29-35(30-26-33)40(37,38,39)36-31-27-34(28-32-36)24-22-20-18-16-14-12-10-8-6-4-2/h25-32,37-39H,3-24H2,1-2H3. The van der Waals surface area contributed by atoms with Crippen LogP contribution >= 0.6 is 7.28 Å². The van der Waals surface area contributed by atoms with Gasteiger partial charge in [-0.2, -0.15) is 0 Å². The maximum atomic E-state index is 11.1. The fourth-order valence-electron chi connectivity index (χ4n) is 5.66. The zero-order valence-corrected chi connectivity index (χ0v) is 26.9. The second-order valence-corrected chi connectivity index (χ2v) is 15.2. The second-order valence-electron chi connectivity index (χ2n) is 12.2. The average Bonchev–Trinajstić information content (AvgIpc) is 2.95. The first-order valence-corrected chi connectivity index (χ1v) is 18.9. The van der Waals surface area contributed by atoms with Crippen molar-refractivity contribution in [2.75, 3.05) is 0 Å². The Hall–Kier alpha value is -1.25. The van der Waals surface area contributed by atoms with Gasteiger partial charge >= 0.3 is 195 Å². The first-order chi connectivity index (χ1) is 19.4. The summed E-state index contributed by atoms with van der Waals surface area (Å²) in [5.41, 5.74) is 2.37. The Morgan fingerprint density at radius 1 is 0.375 bits per heavy atom. The number of rotatable bonds is 24. The van der Waals surface area contributed by atoms with Gasteiger partial charge in [0.2, 0.25) is 0 Å². The van der Waals surface area contributed by atoms with Crippen molar-refractivity contribution >= 4 is 17.9 Å². The predicted molar refractivity (Wildman–Crippen MR) is 177 cm³/mol. The van der Waals surface area contributed by atoms with Crippen LogP contribution in [0.2, 0.25) is 0 Å². The van der Waals surface area contributed by atoms with E-state index in [1.54, 1.807) is 24.3 Å². The van der Waals surface area contributed by atoms with Gasteiger partial charge in [0, 0.05) is 0 Å². The zero-order valence-electron chi connectivity index (χ0n) is 26.0. The van der Waals surface area contributed by atoms with Crippen LogP contribution in [0.15, 0.2) is 48.5 Å². The summed E-state index contributed by atoms with van der Waals surface area (Å²) < 4.78 is 0. The van der Waals surface area contributed by atoms with E-state index in [9.17, 15) is 14.7 Å². The van der Waals surface area contributed by atoms with Gasteiger partial charge in [0.1, 0.15) is 0 Å². The Kier molecular flexibility index (Phi) is 17.3. The molecule has 228 valence electrons. The molecule has 3 N–H and O–H groups in total. The molecule has 0 saturated heterocycles. The third-order valence-electron chi connectivity index (χ3n) is 8.46. The van der Waals surface area contributed by atoms with Crippen LogP contribution in [0.25, 0.3) is 0 Å². The molecule has 2 rings (SSSR count). The fourth-order valence-corrected chi connectivity index (χ4v) is 7.35. The number of hydrogen-bond acceptors (Lipinski definition) is 3. The molecule has 40 heavy (non-hydrogen) atoms. The van der Waals surface area contributed by atoms with Gasteiger partial charge in [0.15, 0.2) is 0 Å². The first kappa shape index (κ1) is 34.9. The van der Waals surface area contributed by atoms with Crippen LogP contribution in [0, 0.1) is 0 Å². The van der Waals surface area contributed by atoms with E-state index in [0.717, 1.165) is 25.7 Å². The zero-order chi connectivity index (χ0) is 29.0. The molecule has 3 nitrogen and oxygen atoms in total. The van der Waals surface area contributed by atoms with Crippen LogP contribution in [0.3, 0.4) is 0 Å². The van der Waals surface area contributed by atoms with Crippen LogP contribution < -0.4 is 10.6 Å². The van der Waals surface area contributed by atoms with Gasteiger partial charge in [0.25, 0.3) is 0 Å². The summed E-state index contributed by atoms with van der Waals surface area (Å²) in [4.78, 5) is 33.2. The van der Waals surface area contributed by atoms with E-state index >= 15 is 0 Å². The molecule has 2 aromatic rings. The van der Waals surface area contributed by atoms with E-state index in [4.69, 9.17) is 0 Å². The summed E-state index contributed by atoms with van der Waals surface area (Å²) >= 11 is 0. The maximum absolute atomic E-state index is 11.1. The minimum absolute atomic E-state index is 0.209. The number of unbranched alkanes of at least 4 members (excludes halogenated alkanes) is 18. The molecule has 0 aliphatic rings. The summed E-state index contributed by atoms with van der Waals surface area (Å²) in [7, 11) is -5.12. The molecule has 0 fully saturated rings. The molecular formula is C36H61O3P. The van der Waals surface area contributed by atoms with E-state index in [0.29, 0.717) is 0 Å². The van der Waals surface area contributed by atoms with E-state index in [-0.39, 0.29) is 10.6 Å². The van der Waals surface area contributed by atoms with Gasteiger partial charge in [-0.15, -0.1) is 0 Å². The minimum atomic E-state index is -5.12. The first-order valence-electron chi connectivity index (χ1n) is 16.8. The van der Waals surface area contributed by atoms with Gasteiger partial charge in [-0.1, -0.05) is 52.4 Å². The predicted octanol–water partition coefficient (Wildman–Crippen LogP) is 9.84. The Morgan fingerprint density at radius 3 is 0.900 bits per heavy atom. The van der Waals surface area contributed by atoms with Crippen LogP contribution in [-0.2, 0) is 12.8 Å². The summed E-state index contributed by atoms with van der Waals surface area (Å²) in [5, 5.41) is 0.417. The Balaban J connectivity index is 1.69. The summed E-state index contributed by atoms with van der Waals surface area (Å²) in [6.45, 7) is 4.53. The molecule has 0 radical (unpaired) electrons. The Morgan fingerprint density at radius 2 is 0.625 bits per heavy atom. The molecule has 0 unspecified atom stereocenters. The molecule has 0 spiro atoms. The number of benzene rings is 2. The molecule has 0 aliphatic carbocycles. The van der Waals surface area contributed by atoms with Crippen molar-refractivity contribution in [3.8, 4) is 0 Å². The molecule has 0 amide bonds. The van der Waals surface area contributed by atoms with Crippen LogP contribution in [0.4, 0.5) is 0 Å². The van der Waals surface area contributed by atoms with Crippen LogP contribution in [0.5, 0.6) is 0 Å². The molecule has 0 saturated carbocycles. The third kappa shape index (κ3) is 13.6. The van der Waals surface area contributed by atoms with E-state index in [1.807, 2.05) is 24.3 Å². The molecule has 0 bridgehead atoms. The molecule has 0 aromatic heterocycles. The van der Waals surface area contributed by atoms with E-state index in [1.165, 1.54) is 127 Å². The quantitative estimate of drug-likeness (QED) is 0.0866. The van der Waals surface area contributed by atoms with Gasteiger partial charge in [-0.25, -0.2) is 0 Å². The van der Waals surface area contributed by atoms with Crippen molar-refractivity contribution in [3.63, 3.8) is 0 Å². The van der Waals surface area contributed by atoms with E-state index < -0.39 is 7.28 Å². The number of aryl methyl sites for hydroxylation is 2. The van der Waals surface area contributed by atoms with Crippen molar-refractivity contribution < 1.29 is 14.7 Å². The molecular weight excluding hydrogens is 511 g/mol. The van der Waals surface area contributed by atoms with Crippen molar-refractivity contribution in [1.29, 1.82) is 0 Å². The van der Waals surface area contributed by atoms with E-state index in [2.05, 4.69) is 13.8 Å². The van der Waals surface area contributed by atoms with Gasteiger partial charge in [-0.05, 0) is 0 Å². The average molecular weight is 573 g/mol. The van der Waals surface area contributed by atoms with Crippen LogP contribution in [-0.4, -0.2) is 14.7 Å². The molecule has 0 heterocycles. The molecule has 2 aromatic carbocycles. The topological polar surface area (TPSA) is 60.7 Å². The Bertz CT molecular complexity index is 811. The second kappa shape index (κ2) is 19.8. The fraction of sp³-hybridized carbons (Fsp3) is 0.667.